The molecule has 0 saturated heterocycles. The van der Waals surface area contributed by atoms with Crippen molar-refractivity contribution in [3.63, 3.8) is 0 Å². The number of carbonyl (C=O) groups excluding carboxylic acids is 2. The largest absolute Gasteiger partial charge is 0.479 e. The molecule has 140 valence electrons. The Kier molecular flexibility index (Phi) is 6.98. The van der Waals surface area contributed by atoms with E-state index in [1.165, 1.54) is 4.90 Å². The predicted octanol–water partition coefficient (Wildman–Crippen LogP) is 3.73. The van der Waals surface area contributed by atoms with Gasteiger partial charge in [-0.05, 0) is 54.0 Å². The van der Waals surface area contributed by atoms with Gasteiger partial charge in [0.2, 0.25) is 0 Å². The fraction of sp³-hybridized carbons (Fsp3) is 0.353. The van der Waals surface area contributed by atoms with Crippen LogP contribution < -0.4 is 9.47 Å². The van der Waals surface area contributed by atoms with Gasteiger partial charge in [-0.25, -0.2) is 4.79 Å². The molecule has 7 nitrogen and oxygen atoms in total. The van der Waals surface area contributed by atoms with Gasteiger partial charge >= 0.3 is 5.97 Å². The Labute approximate surface area is 164 Å². The Bertz CT molecular complexity index is 776. The molecular weight excluding hydrogens is 424 g/mol. The number of aromatic nitrogens is 1. The minimum atomic E-state index is -0.698. The molecule has 0 bridgehead atoms. The van der Waals surface area contributed by atoms with Gasteiger partial charge in [0.1, 0.15) is 21.0 Å². The molecule has 9 heteroatoms. The van der Waals surface area contributed by atoms with E-state index >= 15 is 0 Å². The van der Waals surface area contributed by atoms with Crippen molar-refractivity contribution in [2.45, 2.75) is 20.0 Å². The van der Waals surface area contributed by atoms with Crippen LogP contribution in [0.2, 0.25) is 0 Å². The second-order valence-electron chi connectivity index (χ2n) is 5.38. The lowest BCUT2D eigenvalue weighted by Crippen LogP contribution is -2.25. The summed E-state index contributed by atoms with van der Waals surface area (Å²) in [4.78, 5) is 29.7. The lowest BCUT2D eigenvalue weighted by Gasteiger charge is -2.13. The predicted molar refractivity (Wildman–Crippen MR) is 101 cm³/mol. The number of carbonyl (C=O) groups is 2. The quantitative estimate of drug-likeness (QED) is 0.607. The molecule has 0 aliphatic carbocycles. The summed E-state index contributed by atoms with van der Waals surface area (Å²) in [6.07, 6.45) is -0.698. The van der Waals surface area contributed by atoms with Crippen molar-refractivity contribution in [2.24, 2.45) is 0 Å². The van der Waals surface area contributed by atoms with Crippen LogP contribution in [0.5, 0.6) is 16.7 Å². The molecule has 0 spiro atoms. The highest BCUT2D eigenvalue weighted by molar-refractivity contribution is 9.10. The van der Waals surface area contributed by atoms with Crippen LogP contribution >= 0.6 is 27.3 Å². The van der Waals surface area contributed by atoms with Crippen molar-refractivity contribution in [2.75, 3.05) is 20.7 Å². The smallest absolute Gasteiger partial charge is 0.347 e. The zero-order valence-corrected chi connectivity index (χ0v) is 17.2. The maximum atomic E-state index is 12.0. The topological polar surface area (TPSA) is 78.0 Å². The number of hydrogen-bond acceptors (Lipinski definition) is 7. The number of rotatable bonds is 7. The summed E-state index contributed by atoms with van der Waals surface area (Å²) in [5.41, 5.74) is 0. The van der Waals surface area contributed by atoms with E-state index in [1.54, 1.807) is 52.2 Å². The molecule has 1 atom stereocenters. The molecule has 1 heterocycles. The summed E-state index contributed by atoms with van der Waals surface area (Å²) in [6.45, 7) is 3.67. The Morgan fingerprint density at radius 3 is 2.42 bits per heavy atom. The van der Waals surface area contributed by atoms with Crippen LogP contribution in [0.1, 0.15) is 23.5 Å². The van der Waals surface area contributed by atoms with E-state index in [9.17, 15) is 9.59 Å². The maximum absolute atomic E-state index is 12.0. The molecule has 0 fully saturated rings. The molecule has 0 unspecified atom stereocenters. The number of ether oxygens (including phenoxy) is 3. The highest BCUT2D eigenvalue weighted by Crippen LogP contribution is 2.33. The van der Waals surface area contributed by atoms with E-state index in [4.69, 9.17) is 14.2 Å². The molecule has 1 aromatic heterocycles. The van der Waals surface area contributed by atoms with Gasteiger partial charge in [-0.3, -0.25) is 4.79 Å². The van der Waals surface area contributed by atoms with Crippen molar-refractivity contribution in [3.8, 4) is 16.7 Å². The molecular formula is C17H19BrN2O5S. The second kappa shape index (κ2) is 9.00. The van der Waals surface area contributed by atoms with E-state index in [0.717, 1.165) is 11.3 Å². The van der Waals surface area contributed by atoms with Crippen LogP contribution in [0.25, 0.3) is 0 Å². The first-order chi connectivity index (χ1) is 12.3. The SMILES string of the molecule is CCOC(=O)[C@@H](C)Oc1ccc(Oc2nc(Br)c(C(=O)N(C)C)s2)cc1. The number of amides is 1. The first-order valence-corrected chi connectivity index (χ1v) is 9.42. The summed E-state index contributed by atoms with van der Waals surface area (Å²) in [5, 5.41) is 0.343. The fourth-order valence-electron chi connectivity index (χ4n) is 1.86. The molecule has 1 aromatic carbocycles. The number of thiazole rings is 1. The first kappa shape index (κ1) is 20.2. The first-order valence-electron chi connectivity index (χ1n) is 7.81. The minimum absolute atomic E-state index is 0.152. The van der Waals surface area contributed by atoms with Crippen LogP contribution in [0, 0.1) is 0 Å². The van der Waals surface area contributed by atoms with E-state index < -0.39 is 12.1 Å². The van der Waals surface area contributed by atoms with Gasteiger partial charge < -0.3 is 19.1 Å². The molecule has 0 N–H and O–H groups in total. The number of esters is 1. The summed E-state index contributed by atoms with van der Waals surface area (Å²) >= 11 is 4.42. The second-order valence-corrected chi connectivity index (χ2v) is 7.10. The van der Waals surface area contributed by atoms with Crippen molar-refractivity contribution < 1.29 is 23.8 Å². The fourth-order valence-corrected chi connectivity index (χ4v) is 3.40. The third kappa shape index (κ3) is 5.18. The van der Waals surface area contributed by atoms with Crippen LogP contribution in [-0.4, -0.2) is 48.6 Å². The molecule has 1 amide bonds. The van der Waals surface area contributed by atoms with Crippen molar-refractivity contribution in [3.05, 3.63) is 33.7 Å². The number of halogens is 1. The minimum Gasteiger partial charge on any atom is -0.479 e. The Balaban J connectivity index is 2.02. The van der Waals surface area contributed by atoms with Crippen molar-refractivity contribution in [1.29, 1.82) is 0 Å². The van der Waals surface area contributed by atoms with Gasteiger partial charge in [0.05, 0.1) is 6.61 Å². The molecule has 0 aliphatic heterocycles. The van der Waals surface area contributed by atoms with E-state index in [1.807, 2.05) is 0 Å². The molecule has 2 rings (SSSR count). The van der Waals surface area contributed by atoms with Gasteiger partial charge in [0.25, 0.3) is 11.1 Å². The van der Waals surface area contributed by atoms with Crippen LogP contribution in [0.3, 0.4) is 0 Å². The third-order valence-corrected chi connectivity index (χ3v) is 4.88. The molecule has 0 aliphatic rings. The Morgan fingerprint density at radius 2 is 1.85 bits per heavy atom. The van der Waals surface area contributed by atoms with Gasteiger partial charge in [-0.2, -0.15) is 4.98 Å². The van der Waals surface area contributed by atoms with Gasteiger partial charge in [-0.15, -0.1) is 0 Å². The van der Waals surface area contributed by atoms with E-state index in [2.05, 4.69) is 20.9 Å². The molecule has 2 aromatic rings. The molecule has 0 saturated carbocycles. The average molecular weight is 443 g/mol. The van der Waals surface area contributed by atoms with Gasteiger partial charge in [0, 0.05) is 14.1 Å². The van der Waals surface area contributed by atoms with Crippen molar-refractivity contribution >= 4 is 39.1 Å². The van der Waals surface area contributed by atoms with Crippen molar-refractivity contribution in [1.82, 2.24) is 9.88 Å². The van der Waals surface area contributed by atoms with Crippen LogP contribution in [0.4, 0.5) is 0 Å². The summed E-state index contributed by atoms with van der Waals surface area (Å²) in [6, 6.07) is 6.74. The maximum Gasteiger partial charge on any atom is 0.347 e. The zero-order valence-electron chi connectivity index (χ0n) is 14.8. The normalized spacial score (nSPS) is 11.6. The standard InChI is InChI=1S/C17H19BrN2O5S/c1-5-23-16(22)10(2)24-11-6-8-12(9-7-11)25-17-19-14(18)13(26-17)15(21)20(3)4/h6-10H,5H2,1-4H3/t10-/m1/s1. The lowest BCUT2D eigenvalue weighted by atomic mass is 10.3. The number of hydrogen-bond donors (Lipinski definition) is 0. The van der Waals surface area contributed by atoms with E-state index in [-0.39, 0.29) is 5.91 Å². The van der Waals surface area contributed by atoms with Crippen LogP contribution in [-0.2, 0) is 9.53 Å². The van der Waals surface area contributed by atoms with Crippen LogP contribution in [0.15, 0.2) is 28.9 Å². The molecule has 26 heavy (non-hydrogen) atoms. The third-order valence-electron chi connectivity index (χ3n) is 3.13. The summed E-state index contributed by atoms with van der Waals surface area (Å²) in [7, 11) is 3.34. The number of benzene rings is 1. The lowest BCUT2D eigenvalue weighted by molar-refractivity contribution is -0.150. The Morgan fingerprint density at radius 1 is 1.23 bits per heavy atom. The zero-order chi connectivity index (χ0) is 19.3. The summed E-state index contributed by atoms with van der Waals surface area (Å²) in [5.74, 6) is 0.479. The average Bonchev–Trinajstić information content (AvgIpc) is 2.96. The number of nitrogens with zero attached hydrogens (tertiary/aromatic N) is 2. The van der Waals surface area contributed by atoms with Gasteiger partial charge in [0.15, 0.2) is 6.10 Å². The van der Waals surface area contributed by atoms with Gasteiger partial charge in [-0.1, -0.05) is 11.3 Å². The monoisotopic (exact) mass is 442 g/mol. The van der Waals surface area contributed by atoms with E-state index in [0.29, 0.717) is 32.8 Å². The molecule has 0 radical (unpaired) electrons. The Hall–Kier alpha value is -2.13. The summed E-state index contributed by atoms with van der Waals surface area (Å²) < 4.78 is 16.5. The highest BCUT2D eigenvalue weighted by Gasteiger charge is 2.19. The highest BCUT2D eigenvalue weighted by atomic mass is 79.9.